The zero-order valence-electron chi connectivity index (χ0n) is 20.9. The molecule has 0 bridgehead atoms. The molecule has 3 N–H and O–H groups in total. The molecule has 3 atom stereocenters. The third kappa shape index (κ3) is 3.57. The van der Waals surface area contributed by atoms with Crippen molar-refractivity contribution in [3.05, 3.63) is 71.3 Å². The van der Waals surface area contributed by atoms with Gasteiger partial charge < -0.3 is 29.7 Å². The Morgan fingerprint density at radius 3 is 2.32 bits per heavy atom. The van der Waals surface area contributed by atoms with Crippen molar-refractivity contribution in [2.45, 2.75) is 11.5 Å². The summed E-state index contributed by atoms with van der Waals surface area (Å²) in [7, 11) is 6.47. The number of aromatic hydroxyl groups is 2. The molecule has 1 fully saturated rings. The first-order valence-corrected chi connectivity index (χ1v) is 11.8. The summed E-state index contributed by atoms with van der Waals surface area (Å²) < 4.78 is 16.6. The lowest BCUT2D eigenvalue weighted by Gasteiger charge is -2.35. The SMILES string of the molecule is COc1ccc(OC)c([C@H]2CN(C)C3(C(=O)Nc4ccc(OC)cc43)[C@H]2C(=O)c2ccc(O)c(O)c2)c1. The van der Waals surface area contributed by atoms with Crippen LogP contribution in [0.15, 0.2) is 54.6 Å². The molecule has 0 saturated carbocycles. The van der Waals surface area contributed by atoms with Gasteiger partial charge in [0.05, 0.1) is 27.2 Å². The van der Waals surface area contributed by atoms with Crippen molar-refractivity contribution in [3.8, 4) is 28.7 Å². The smallest absolute Gasteiger partial charge is 0.250 e. The van der Waals surface area contributed by atoms with E-state index in [0.717, 1.165) is 5.56 Å². The van der Waals surface area contributed by atoms with E-state index in [0.29, 0.717) is 35.0 Å². The molecule has 3 aromatic rings. The van der Waals surface area contributed by atoms with Crippen LogP contribution in [-0.4, -0.2) is 61.7 Å². The number of fused-ring (bicyclic) bond motifs is 2. The van der Waals surface area contributed by atoms with E-state index in [1.165, 1.54) is 18.2 Å². The number of ether oxygens (including phenoxy) is 3. The normalized spacial score (nSPS) is 22.5. The highest BCUT2D eigenvalue weighted by atomic mass is 16.5. The number of hydrogen-bond donors (Lipinski definition) is 3. The van der Waals surface area contributed by atoms with E-state index in [1.807, 2.05) is 18.0 Å². The van der Waals surface area contributed by atoms with E-state index in [9.17, 15) is 19.8 Å². The van der Waals surface area contributed by atoms with Gasteiger partial charge in [-0.1, -0.05) is 0 Å². The van der Waals surface area contributed by atoms with E-state index < -0.39 is 23.1 Å². The summed E-state index contributed by atoms with van der Waals surface area (Å²) in [6, 6.07) is 14.6. The molecule has 1 amide bonds. The predicted octanol–water partition coefficient (Wildman–Crippen LogP) is 3.50. The lowest BCUT2D eigenvalue weighted by atomic mass is 9.70. The number of phenolic OH excluding ortho intramolecular Hbond substituents is 2. The molecule has 9 nitrogen and oxygen atoms in total. The van der Waals surface area contributed by atoms with Crippen LogP contribution in [0.4, 0.5) is 5.69 Å². The maximum Gasteiger partial charge on any atom is 0.250 e. The van der Waals surface area contributed by atoms with Gasteiger partial charge in [0.1, 0.15) is 22.8 Å². The fourth-order valence-electron chi connectivity index (χ4n) is 5.81. The Hall–Kier alpha value is -4.24. The molecule has 2 aliphatic heterocycles. The minimum atomic E-state index is -1.37. The number of nitrogens with zero attached hydrogens (tertiary/aromatic N) is 1. The second-order valence-electron chi connectivity index (χ2n) is 9.27. The average molecular weight is 505 g/mol. The number of nitrogens with one attached hydrogen (secondary N) is 1. The van der Waals surface area contributed by atoms with Crippen LogP contribution in [0.2, 0.25) is 0 Å². The Bertz CT molecular complexity index is 1410. The molecule has 0 radical (unpaired) electrons. The number of anilines is 1. The van der Waals surface area contributed by atoms with Crippen molar-refractivity contribution >= 4 is 17.4 Å². The first kappa shape index (κ1) is 24.5. The number of hydrogen-bond acceptors (Lipinski definition) is 8. The summed E-state index contributed by atoms with van der Waals surface area (Å²) in [5.41, 5.74) is 0.752. The molecule has 1 unspecified atom stereocenters. The van der Waals surface area contributed by atoms with Crippen molar-refractivity contribution in [2.75, 3.05) is 40.2 Å². The number of benzene rings is 3. The van der Waals surface area contributed by atoms with Gasteiger partial charge in [-0.25, -0.2) is 0 Å². The number of rotatable bonds is 6. The molecule has 0 aromatic heterocycles. The van der Waals surface area contributed by atoms with E-state index in [4.69, 9.17) is 14.2 Å². The van der Waals surface area contributed by atoms with E-state index in [1.54, 1.807) is 51.7 Å². The van der Waals surface area contributed by atoms with Gasteiger partial charge in [0, 0.05) is 34.8 Å². The van der Waals surface area contributed by atoms with Gasteiger partial charge in [-0.2, -0.15) is 0 Å². The molecule has 0 aliphatic carbocycles. The molecule has 192 valence electrons. The van der Waals surface area contributed by atoms with Crippen LogP contribution in [0.25, 0.3) is 0 Å². The van der Waals surface area contributed by atoms with Crippen LogP contribution in [0, 0.1) is 5.92 Å². The molecule has 1 saturated heterocycles. The standard InChI is InChI=1S/C28H28N2O7/c1-30-14-19(18-12-16(35-2)7-10-24(18)37-4)25(26(33)15-5-9-22(31)23(32)11-15)28(30)20-13-17(36-3)6-8-21(20)29-27(28)34/h5-13,19,25,31-32H,14H2,1-4H3,(H,29,34)/t19-,25-,28?/m1/s1. The number of Topliss-reactive ketones (excluding diaryl/α,β-unsaturated/α-hetero) is 1. The molecular formula is C28H28N2O7. The third-order valence-corrected chi connectivity index (χ3v) is 7.54. The van der Waals surface area contributed by atoms with E-state index >= 15 is 0 Å². The van der Waals surface area contributed by atoms with Gasteiger partial charge in [-0.05, 0) is 61.6 Å². The maximum atomic E-state index is 14.4. The molecular weight excluding hydrogens is 476 g/mol. The minimum Gasteiger partial charge on any atom is -0.504 e. The van der Waals surface area contributed by atoms with Crippen molar-refractivity contribution in [1.29, 1.82) is 0 Å². The summed E-state index contributed by atoms with van der Waals surface area (Å²) in [6.45, 7) is 0.355. The van der Waals surface area contributed by atoms with Gasteiger partial charge in [0.25, 0.3) is 0 Å². The number of likely N-dealkylation sites (tertiary alicyclic amines) is 1. The lowest BCUT2D eigenvalue weighted by molar-refractivity contribution is -0.126. The van der Waals surface area contributed by atoms with Gasteiger partial charge in [-0.15, -0.1) is 0 Å². The van der Waals surface area contributed by atoms with Gasteiger partial charge in [0.15, 0.2) is 17.3 Å². The van der Waals surface area contributed by atoms with Crippen molar-refractivity contribution in [3.63, 3.8) is 0 Å². The van der Waals surface area contributed by atoms with Gasteiger partial charge in [-0.3, -0.25) is 14.5 Å². The maximum absolute atomic E-state index is 14.4. The highest BCUT2D eigenvalue weighted by Crippen LogP contribution is 2.57. The molecule has 2 aliphatic rings. The quantitative estimate of drug-likeness (QED) is 0.345. The molecule has 3 aromatic carbocycles. The second kappa shape index (κ2) is 9.01. The fraction of sp³-hybridized carbons (Fsp3) is 0.286. The molecule has 2 heterocycles. The Labute approximate surface area is 214 Å². The largest absolute Gasteiger partial charge is 0.504 e. The minimum absolute atomic E-state index is 0.172. The van der Waals surface area contributed by atoms with Crippen LogP contribution in [0.3, 0.4) is 0 Å². The summed E-state index contributed by atoms with van der Waals surface area (Å²) in [5, 5.41) is 23.0. The van der Waals surface area contributed by atoms with E-state index in [-0.39, 0.29) is 23.0 Å². The average Bonchev–Trinajstić information content (AvgIpc) is 3.38. The van der Waals surface area contributed by atoms with Gasteiger partial charge >= 0.3 is 0 Å². The summed E-state index contributed by atoms with van der Waals surface area (Å²) in [6.07, 6.45) is 0. The van der Waals surface area contributed by atoms with Crippen LogP contribution >= 0.6 is 0 Å². The van der Waals surface area contributed by atoms with Gasteiger partial charge in [0.2, 0.25) is 5.91 Å². The zero-order chi connectivity index (χ0) is 26.5. The number of amides is 1. The predicted molar refractivity (Wildman–Crippen MR) is 136 cm³/mol. The Kier molecular flexibility index (Phi) is 5.95. The molecule has 37 heavy (non-hydrogen) atoms. The summed E-state index contributed by atoms with van der Waals surface area (Å²) in [5.74, 6) is -1.15. The number of phenols is 2. The number of carbonyl (C=O) groups excluding carboxylic acids is 2. The summed E-state index contributed by atoms with van der Waals surface area (Å²) in [4.78, 5) is 30.1. The number of carbonyl (C=O) groups is 2. The van der Waals surface area contributed by atoms with Crippen LogP contribution in [0.1, 0.15) is 27.4 Å². The first-order chi connectivity index (χ1) is 17.8. The van der Waals surface area contributed by atoms with Crippen molar-refractivity contribution < 1.29 is 34.0 Å². The Balaban J connectivity index is 1.77. The Morgan fingerprint density at radius 2 is 1.65 bits per heavy atom. The van der Waals surface area contributed by atoms with E-state index in [2.05, 4.69) is 5.32 Å². The highest BCUT2D eigenvalue weighted by molar-refractivity contribution is 6.12. The van der Waals surface area contributed by atoms with Crippen LogP contribution < -0.4 is 19.5 Å². The fourth-order valence-corrected chi connectivity index (χ4v) is 5.81. The second-order valence-corrected chi connectivity index (χ2v) is 9.27. The lowest BCUT2D eigenvalue weighted by Crippen LogP contribution is -2.51. The third-order valence-electron chi connectivity index (χ3n) is 7.54. The zero-order valence-corrected chi connectivity index (χ0v) is 20.9. The Morgan fingerprint density at radius 1 is 0.946 bits per heavy atom. The number of ketones is 1. The van der Waals surface area contributed by atoms with Crippen molar-refractivity contribution in [1.82, 2.24) is 4.90 Å². The first-order valence-electron chi connectivity index (χ1n) is 11.8. The summed E-state index contributed by atoms with van der Waals surface area (Å²) >= 11 is 0. The van der Waals surface area contributed by atoms with Crippen LogP contribution in [-0.2, 0) is 10.3 Å². The number of methoxy groups -OCH3 is 3. The molecule has 9 heteroatoms. The topological polar surface area (TPSA) is 118 Å². The molecule has 1 spiro atoms. The monoisotopic (exact) mass is 504 g/mol. The van der Waals surface area contributed by atoms with Crippen molar-refractivity contribution in [2.24, 2.45) is 5.92 Å². The number of likely N-dealkylation sites (N-methyl/N-ethyl adjacent to an activating group) is 1. The molecule has 5 rings (SSSR count). The van der Waals surface area contributed by atoms with Crippen LogP contribution in [0.5, 0.6) is 28.7 Å². The highest BCUT2D eigenvalue weighted by Gasteiger charge is 2.64.